The Morgan fingerprint density at radius 2 is 2.18 bits per heavy atom. The van der Waals surface area contributed by atoms with Crippen LogP contribution in [0.5, 0.6) is 0 Å². The standard InChI is InChI=1S/C14H24N2S/c1-3-12-6-7-13(17-12)10-15-11-14(4-2)8-5-9-16-14/h6-7,15-16H,3-5,8-11H2,1-2H3. The lowest BCUT2D eigenvalue weighted by molar-refractivity contribution is 0.340. The van der Waals surface area contributed by atoms with E-state index in [1.54, 1.807) is 0 Å². The minimum Gasteiger partial charge on any atom is -0.310 e. The lowest BCUT2D eigenvalue weighted by Gasteiger charge is -2.28. The second kappa shape index (κ2) is 5.98. The molecule has 96 valence electrons. The molecule has 0 aliphatic carbocycles. The van der Waals surface area contributed by atoms with Gasteiger partial charge < -0.3 is 10.6 Å². The van der Waals surface area contributed by atoms with Crippen LogP contribution in [0.3, 0.4) is 0 Å². The molecule has 3 heteroatoms. The lowest BCUT2D eigenvalue weighted by atomic mass is 9.94. The Kier molecular flexibility index (Phi) is 4.60. The normalized spacial score (nSPS) is 24.4. The number of thiophene rings is 1. The van der Waals surface area contributed by atoms with Gasteiger partial charge in [0.2, 0.25) is 0 Å². The van der Waals surface area contributed by atoms with Crippen LogP contribution in [0.25, 0.3) is 0 Å². The van der Waals surface area contributed by atoms with E-state index in [2.05, 4.69) is 36.6 Å². The summed E-state index contributed by atoms with van der Waals surface area (Å²) in [4.78, 5) is 2.96. The van der Waals surface area contributed by atoms with Gasteiger partial charge in [0.05, 0.1) is 0 Å². The van der Waals surface area contributed by atoms with Crippen LogP contribution in [0.4, 0.5) is 0 Å². The van der Waals surface area contributed by atoms with E-state index in [0.29, 0.717) is 5.54 Å². The molecule has 2 N–H and O–H groups in total. The monoisotopic (exact) mass is 252 g/mol. The summed E-state index contributed by atoms with van der Waals surface area (Å²) in [5.41, 5.74) is 0.366. The Bertz CT molecular complexity index is 340. The summed E-state index contributed by atoms with van der Waals surface area (Å²) < 4.78 is 0. The van der Waals surface area contributed by atoms with E-state index < -0.39 is 0 Å². The van der Waals surface area contributed by atoms with E-state index >= 15 is 0 Å². The molecule has 1 saturated heterocycles. The summed E-state index contributed by atoms with van der Waals surface area (Å²) in [5, 5.41) is 7.28. The first-order valence-corrected chi connectivity index (χ1v) is 7.63. The quantitative estimate of drug-likeness (QED) is 0.813. The molecule has 0 radical (unpaired) electrons. The van der Waals surface area contributed by atoms with Gasteiger partial charge in [-0.05, 0) is 44.4 Å². The lowest BCUT2D eigenvalue weighted by Crippen LogP contribution is -2.47. The zero-order valence-corrected chi connectivity index (χ0v) is 11.8. The van der Waals surface area contributed by atoms with Gasteiger partial charge in [0.25, 0.3) is 0 Å². The summed E-state index contributed by atoms with van der Waals surface area (Å²) in [7, 11) is 0. The molecule has 1 aliphatic rings. The molecule has 2 nitrogen and oxygen atoms in total. The highest BCUT2D eigenvalue weighted by Gasteiger charge is 2.30. The summed E-state index contributed by atoms with van der Waals surface area (Å²) in [6.07, 6.45) is 5.03. The van der Waals surface area contributed by atoms with E-state index in [-0.39, 0.29) is 0 Å². The summed E-state index contributed by atoms with van der Waals surface area (Å²) in [6, 6.07) is 4.52. The molecule has 2 rings (SSSR count). The van der Waals surface area contributed by atoms with Crippen molar-refractivity contribution >= 4 is 11.3 Å². The fraction of sp³-hybridized carbons (Fsp3) is 0.714. The van der Waals surface area contributed by atoms with Gasteiger partial charge in [0.1, 0.15) is 0 Å². The van der Waals surface area contributed by atoms with Crippen LogP contribution in [0.1, 0.15) is 42.9 Å². The number of aryl methyl sites for hydroxylation is 1. The highest BCUT2D eigenvalue weighted by atomic mass is 32.1. The van der Waals surface area contributed by atoms with Crippen molar-refractivity contribution in [2.24, 2.45) is 0 Å². The maximum Gasteiger partial charge on any atom is 0.0304 e. The average Bonchev–Trinajstić information content (AvgIpc) is 2.98. The van der Waals surface area contributed by atoms with Crippen LogP contribution in [-0.4, -0.2) is 18.6 Å². The molecule has 1 aliphatic heterocycles. The summed E-state index contributed by atoms with van der Waals surface area (Å²) in [5.74, 6) is 0. The first kappa shape index (κ1) is 13.1. The molecular weight excluding hydrogens is 228 g/mol. The first-order valence-electron chi connectivity index (χ1n) is 6.81. The molecule has 0 saturated carbocycles. The third-order valence-corrected chi connectivity index (χ3v) is 5.07. The van der Waals surface area contributed by atoms with Gasteiger partial charge in [-0.3, -0.25) is 0 Å². The van der Waals surface area contributed by atoms with Crippen LogP contribution in [-0.2, 0) is 13.0 Å². The zero-order valence-electron chi connectivity index (χ0n) is 11.0. The van der Waals surface area contributed by atoms with Crippen LogP contribution >= 0.6 is 11.3 Å². The number of rotatable bonds is 6. The predicted molar refractivity (Wildman–Crippen MR) is 75.7 cm³/mol. The zero-order chi connectivity index (χ0) is 12.1. The van der Waals surface area contributed by atoms with E-state index in [1.165, 1.54) is 35.6 Å². The van der Waals surface area contributed by atoms with Crippen molar-refractivity contribution in [3.8, 4) is 0 Å². The Hall–Kier alpha value is -0.380. The van der Waals surface area contributed by atoms with Gasteiger partial charge in [0, 0.05) is 28.4 Å². The fourth-order valence-corrected chi connectivity index (χ4v) is 3.51. The second-order valence-corrected chi connectivity index (χ2v) is 6.24. The van der Waals surface area contributed by atoms with E-state index in [9.17, 15) is 0 Å². The first-order chi connectivity index (χ1) is 8.28. The smallest absolute Gasteiger partial charge is 0.0304 e. The highest BCUT2D eigenvalue weighted by Crippen LogP contribution is 2.22. The summed E-state index contributed by atoms with van der Waals surface area (Å²) >= 11 is 1.94. The van der Waals surface area contributed by atoms with Crippen LogP contribution in [0, 0.1) is 0 Å². The molecule has 1 atom stereocenters. The largest absolute Gasteiger partial charge is 0.310 e. The third kappa shape index (κ3) is 3.30. The Morgan fingerprint density at radius 3 is 2.76 bits per heavy atom. The van der Waals surface area contributed by atoms with Gasteiger partial charge in [-0.2, -0.15) is 0 Å². The Morgan fingerprint density at radius 1 is 1.35 bits per heavy atom. The van der Waals surface area contributed by atoms with Gasteiger partial charge >= 0.3 is 0 Å². The maximum absolute atomic E-state index is 3.66. The molecular formula is C14H24N2S. The molecule has 0 spiro atoms. The highest BCUT2D eigenvalue weighted by molar-refractivity contribution is 7.11. The van der Waals surface area contributed by atoms with Gasteiger partial charge in [-0.1, -0.05) is 13.8 Å². The van der Waals surface area contributed by atoms with Crippen LogP contribution in [0.15, 0.2) is 12.1 Å². The third-order valence-electron chi connectivity index (χ3n) is 3.84. The van der Waals surface area contributed by atoms with Crippen molar-refractivity contribution in [2.45, 2.75) is 51.6 Å². The molecule has 0 bridgehead atoms. The predicted octanol–water partition coefficient (Wildman–Crippen LogP) is 2.93. The second-order valence-electron chi connectivity index (χ2n) is 4.99. The van der Waals surface area contributed by atoms with Gasteiger partial charge in [-0.25, -0.2) is 0 Å². The molecule has 1 fully saturated rings. The van der Waals surface area contributed by atoms with Crippen molar-refractivity contribution in [2.75, 3.05) is 13.1 Å². The minimum absolute atomic E-state index is 0.366. The average molecular weight is 252 g/mol. The number of hydrogen-bond donors (Lipinski definition) is 2. The van der Waals surface area contributed by atoms with Crippen molar-refractivity contribution < 1.29 is 0 Å². The summed E-state index contributed by atoms with van der Waals surface area (Å²) in [6.45, 7) is 7.82. The maximum atomic E-state index is 3.66. The van der Waals surface area contributed by atoms with Crippen molar-refractivity contribution in [3.63, 3.8) is 0 Å². The van der Waals surface area contributed by atoms with Gasteiger partial charge in [0.15, 0.2) is 0 Å². The molecule has 17 heavy (non-hydrogen) atoms. The fourth-order valence-electron chi connectivity index (χ4n) is 2.58. The van der Waals surface area contributed by atoms with E-state index in [4.69, 9.17) is 0 Å². The molecule has 1 unspecified atom stereocenters. The molecule has 0 aromatic carbocycles. The van der Waals surface area contributed by atoms with Crippen LogP contribution in [0.2, 0.25) is 0 Å². The van der Waals surface area contributed by atoms with E-state index in [1.807, 2.05) is 11.3 Å². The Balaban J connectivity index is 1.78. The Labute approximate surface area is 109 Å². The van der Waals surface area contributed by atoms with Gasteiger partial charge in [-0.15, -0.1) is 11.3 Å². The minimum atomic E-state index is 0.366. The SMILES string of the molecule is CCc1ccc(CNCC2(CC)CCCN2)s1. The number of nitrogens with one attached hydrogen (secondary N) is 2. The molecule has 1 aromatic heterocycles. The van der Waals surface area contributed by atoms with Crippen molar-refractivity contribution in [1.82, 2.24) is 10.6 Å². The van der Waals surface area contributed by atoms with Crippen molar-refractivity contribution in [1.29, 1.82) is 0 Å². The number of hydrogen-bond acceptors (Lipinski definition) is 3. The van der Waals surface area contributed by atoms with E-state index in [0.717, 1.165) is 19.5 Å². The molecule has 0 amide bonds. The topological polar surface area (TPSA) is 24.1 Å². The van der Waals surface area contributed by atoms with Crippen molar-refractivity contribution in [3.05, 3.63) is 21.9 Å². The molecule has 2 heterocycles. The molecule has 1 aromatic rings. The van der Waals surface area contributed by atoms with Crippen LogP contribution < -0.4 is 10.6 Å².